The molecule has 3 aromatic rings. The molecule has 2 aliphatic rings. The molecule has 1 amide bonds. The molecule has 2 fully saturated rings. The molecule has 32 heavy (non-hydrogen) atoms. The van der Waals surface area contributed by atoms with Crippen molar-refractivity contribution in [3.8, 4) is 0 Å². The van der Waals surface area contributed by atoms with Gasteiger partial charge in [0.15, 0.2) is 17.7 Å². The number of nitrogens with zero attached hydrogens (tertiary/aromatic N) is 3. The van der Waals surface area contributed by atoms with Gasteiger partial charge >= 0.3 is 0 Å². The number of rotatable bonds is 5. The van der Waals surface area contributed by atoms with Crippen LogP contribution in [0.15, 0.2) is 42.7 Å². The van der Waals surface area contributed by atoms with Crippen LogP contribution in [0.25, 0.3) is 5.52 Å². The lowest BCUT2D eigenvalue weighted by Gasteiger charge is -2.23. The van der Waals surface area contributed by atoms with Gasteiger partial charge in [0, 0.05) is 13.6 Å². The number of hydrogen-bond acceptors (Lipinski definition) is 7. The number of ether oxygens (including phenoxy) is 3. The number of nitrogens with one attached hydrogen (secondary N) is 2. The molecule has 0 radical (unpaired) electrons. The molecule has 0 unspecified atom stereocenters. The quantitative estimate of drug-likeness (QED) is 0.632. The number of anilines is 1. The van der Waals surface area contributed by atoms with E-state index in [-0.39, 0.29) is 5.91 Å². The molecule has 168 valence electrons. The van der Waals surface area contributed by atoms with Gasteiger partial charge in [-0.15, -0.1) is 0 Å². The first-order valence-electron chi connectivity index (χ1n) is 10.7. The Morgan fingerprint density at radius 2 is 2.00 bits per heavy atom. The lowest BCUT2D eigenvalue weighted by atomic mass is 10.1. The van der Waals surface area contributed by atoms with Gasteiger partial charge < -0.3 is 24.8 Å². The van der Waals surface area contributed by atoms with Crippen molar-refractivity contribution < 1.29 is 19.0 Å². The molecule has 0 aliphatic carbocycles. The van der Waals surface area contributed by atoms with Gasteiger partial charge in [0.05, 0.1) is 5.69 Å². The Bertz CT molecular complexity index is 1160. The Labute approximate surface area is 186 Å². The summed E-state index contributed by atoms with van der Waals surface area (Å²) in [5.41, 5.74) is 3.98. The Hall–Kier alpha value is -3.01. The highest BCUT2D eigenvalue weighted by Crippen LogP contribution is 2.45. The molecule has 2 N–H and O–H groups in total. The Kier molecular flexibility index (Phi) is 5.11. The van der Waals surface area contributed by atoms with Crippen molar-refractivity contribution in [2.45, 2.75) is 57.5 Å². The van der Waals surface area contributed by atoms with E-state index < -0.39 is 30.2 Å². The molecule has 2 saturated heterocycles. The van der Waals surface area contributed by atoms with Crippen LogP contribution in [0.1, 0.15) is 36.8 Å². The van der Waals surface area contributed by atoms with E-state index in [2.05, 4.69) is 45.8 Å². The maximum Gasteiger partial charge on any atom is 0.251 e. The van der Waals surface area contributed by atoms with Gasteiger partial charge in [-0.1, -0.05) is 29.8 Å². The number of aromatic nitrogens is 3. The molecule has 2 aromatic heterocycles. The second-order valence-corrected chi connectivity index (χ2v) is 8.66. The average molecular weight is 438 g/mol. The highest BCUT2D eigenvalue weighted by atomic mass is 16.8. The van der Waals surface area contributed by atoms with Crippen LogP contribution < -0.4 is 10.6 Å². The molecule has 9 heteroatoms. The summed E-state index contributed by atoms with van der Waals surface area (Å²) < 4.78 is 20.1. The molecule has 1 aromatic carbocycles. The zero-order valence-electron chi connectivity index (χ0n) is 18.5. The summed E-state index contributed by atoms with van der Waals surface area (Å²) in [6, 6.07) is 12.2. The van der Waals surface area contributed by atoms with Crippen LogP contribution in [-0.4, -0.2) is 51.7 Å². The third-order valence-electron chi connectivity index (χ3n) is 5.87. The van der Waals surface area contributed by atoms with E-state index in [1.54, 1.807) is 11.6 Å². The van der Waals surface area contributed by atoms with Crippen molar-refractivity contribution in [3.63, 3.8) is 0 Å². The maximum absolute atomic E-state index is 12.4. The standard InChI is InChI=1S/C23H27N5O4/c1-13-6-5-7-14(10-13)11-25-21-16-9-8-15(28(16)27-12-26-21)17-18-19(32-23(2,3)31-18)20(30-17)22(29)24-4/h5-10,12,17-20H,11H2,1-4H3,(H,24,29)(H,25,26,27)/t17-,18-,19-,20-/m0/s1. The molecule has 9 nitrogen and oxygen atoms in total. The van der Waals surface area contributed by atoms with Crippen LogP contribution in [0, 0.1) is 6.92 Å². The summed E-state index contributed by atoms with van der Waals surface area (Å²) in [7, 11) is 1.58. The first-order valence-corrected chi connectivity index (χ1v) is 10.7. The van der Waals surface area contributed by atoms with E-state index in [0.29, 0.717) is 12.4 Å². The van der Waals surface area contributed by atoms with Crippen LogP contribution >= 0.6 is 0 Å². The van der Waals surface area contributed by atoms with Crippen LogP contribution in [0.3, 0.4) is 0 Å². The van der Waals surface area contributed by atoms with Gasteiger partial charge in [-0.05, 0) is 38.5 Å². The number of benzene rings is 1. The number of carbonyl (C=O) groups excluding carboxylic acids is 1. The van der Waals surface area contributed by atoms with Crippen LogP contribution in [0.5, 0.6) is 0 Å². The minimum atomic E-state index is -0.799. The molecular weight excluding hydrogens is 410 g/mol. The molecule has 0 saturated carbocycles. The number of aryl methyl sites for hydroxylation is 1. The van der Waals surface area contributed by atoms with Crippen molar-refractivity contribution >= 4 is 17.2 Å². The second-order valence-electron chi connectivity index (χ2n) is 8.66. The SMILES string of the molecule is CNC(=O)[C@H]1O[C@@H](c2ccc3c(NCc4cccc(C)c4)ncnn23)[C@@H]2OC(C)(C)O[C@@H]21. The maximum atomic E-state index is 12.4. The molecule has 0 spiro atoms. The van der Waals surface area contributed by atoms with Crippen molar-refractivity contribution in [2.24, 2.45) is 0 Å². The lowest BCUT2D eigenvalue weighted by Crippen LogP contribution is -2.41. The van der Waals surface area contributed by atoms with E-state index in [4.69, 9.17) is 14.2 Å². The normalized spacial score (nSPS) is 26.2. The summed E-state index contributed by atoms with van der Waals surface area (Å²) in [4.78, 5) is 16.9. The van der Waals surface area contributed by atoms with Gasteiger partial charge in [-0.3, -0.25) is 4.79 Å². The van der Waals surface area contributed by atoms with Crippen molar-refractivity contribution in [2.75, 3.05) is 12.4 Å². The van der Waals surface area contributed by atoms with Gasteiger partial charge in [0.25, 0.3) is 5.91 Å². The minimum absolute atomic E-state index is 0.236. The van der Waals surface area contributed by atoms with Crippen LogP contribution in [-0.2, 0) is 25.5 Å². The smallest absolute Gasteiger partial charge is 0.251 e. The average Bonchev–Trinajstić information content (AvgIpc) is 3.42. The third-order valence-corrected chi connectivity index (χ3v) is 5.87. The number of fused-ring (bicyclic) bond motifs is 2. The predicted octanol–water partition coefficient (Wildman–Crippen LogP) is 2.36. The molecule has 5 rings (SSSR count). The first-order chi connectivity index (χ1) is 15.4. The third kappa shape index (κ3) is 3.62. The van der Waals surface area contributed by atoms with Crippen molar-refractivity contribution in [3.05, 3.63) is 59.5 Å². The Morgan fingerprint density at radius 1 is 1.19 bits per heavy atom. The topological polar surface area (TPSA) is 99.0 Å². The highest BCUT2D eigenvalue weighted by molar-refractivity contribution is 5.81. The monoisotopic (exact) mass is 437 g/mol. The van der Waals surface area contributed by atoms with E-state index in [1.807, 2.05) is 32.0 Å². The van der Waals surface area contributed by atoms with E-state index in [1.165, 1.54) is 17.5 Å². The Balaban J connectivity index is 1.45. The van der Waals surface area contributed by atoms with E-state index in [9.17, 15) is 4.79 Å². The van der Waals surface area contributed by atoms with Crippen molar-refractivity contribution in [1.29, 1.82) is 0 Å². The second kappa shape index (κ2) is 7.84. The fraction of sp³-hybridized carbons (Fsp3) is 0.435. The van der Waals surface area contributed by atoms with Gasteiger partial charge in [-0.25, -0.2) is 9.50 Å². The minimum Gasteiger partial charge on any atom is -0.364 e. The van der Waals surface area contributed by atoms with Crippen LogP contribution in [0.2, 0.25) is 0 Å². The zero-order valence-corrected chi connectivity index (χ0v) is 18.5. The molecule has 0 bridgehead atoms. The highest BCUT2D eigenvalue weighted by Gasteiger charge is 2.58. The van der Waals surface area contributed by atoms with E-state index in [0.717, 1.165) is 11.2 Å². The van der Waals surface area contributed by atoms with Gasteiger partial charge in [-0.2, -0.15) is 5.10 Å². The zero-order chi connectivity index (χ0) is 22.5. The number of likely N-dealkylation sites (N-methyl/N-ethyl adjacent to an activating group) is 1. The Morgan fingerprint density at radius 3 is 2.78 bits per heavy atom. The summed E-state index contributed by atoms with van der Waals surface area (Å²) in [6.07, 6.45) is -0.687. The van der Waals surface area contributed by atoms with Gasteiger partial charge in [0.2, 0.25) is 0 Å². The predicted molar refractivity (Wildman–Crippen MR) is 117 cm³/mol. The number of amides is 1. The fourth-order valence-corrected chi connectivity index (χ4v) is 4.50. The largest absolute Gasteiger partial charge is 0.364 e. The molecular formula is C23H27N5O4. The molecule has 4 atom stereocenters. The summed E-state index contributed by atoms with van der Waals surface area (Å²) in [5, 5.41) is 10.5. The van der Waals surface area contributed by atoms with Crippen LogP contribution in [0.4, 0.5) is 5.82 Å². The fourth-order valence-electron chi connectivity index (χ4n) is 4.50. The lowest BCUT2D eigenvalue weighted by molar-refractivity contribution is -0.190. The van der Waals surface area contributed by atoms with Crippen molar-refractivity contribution in [1.82, 2.24) is 19.9 Å². The van der Waals surface area contributed by atoms with E-state index >= 15 is 0 Å². The summed E-state index contributed by atoms with van der Waals surface area (Å²) in [5.74, 6) is -0.319. The van der Waals surface area contributed by atoms with Gasteiger partial charge in [0.1, 0.15) is 30.2 Å². The molecule has 4 heterocycles. The first kappa shape index (κ1) is 20.9. The summed E-state index contributed by atoms with van der Waals surface area (Å²) >= 11 is 0. The molecule has 2 aliphatic heterocycles. The number of carbonyl (C=O) groups is 1. The number of hydrogen-bond donors (Lipinski definition) is 2. The summed E-state index contributed by atoms with van der Waals surface area (Å²) in [6.45, 7) is 6.40.